The molecule has 0 aromatic carbocycles. The molecule has 0 unspecified atom stereocenters. The second-order valence-electron chi connectivity index (χ2n) is 8.61. The third kappa shape index (κ3) is 3.81. The second kappa shape index (κ2) is 8.24. The van der Waals surface area contributed by atoms with Gasteiger partial charge in [-0.1, -0.05) is 0 Å². The van der Waals surface area contributed by atoms with Crippen molar-refractivity contribution in [2.75, 3.05) is 39.9 Å². The third-order valence-corrected chi connectivity index (χ3v) is 6.45. The van der Waals surface area contributed by atoms with Crippen LogP contribution in [0.5, 0.6) is 0 Å². The number of ether oxygens (including phenoxy) is 1. The highest BCUT2D eigenvalue weighted by Gasteiger charge is 2.57. The minimum absolute atomic E-state index is 0.115. The van der Waals surface area contributed by atoms with Crippen LogP contribution in [0.4, 0.5) is 0 Å². The molecule has 2 aromatic rings. The van der Waals surface area contributed by atoms with Crippen LogP contribution in [0.15, 0.2) is 37.1 Å². The van der Waals surface area contributed by atoms with Gasteiger partial charge in [0.15, 0.2) is 0 Å². The highest BCUT2D eigenvalue weighted by atomic mass is 16.5. The predicted molar refractivity (Wildman–Crippen MR) is 110 cm³/mol. The van der Waals surface area contributed by atoms with Crippen molar-refractivity contribution >= 4 is 5.91 Å². The molecule has 156 valence electrons. The Labute approximate surface area is 172 Å². The average Bonchev–Trinajstić information content (AvgIpc) is 3.41. The summed E-state index contributed by atoms with van der Waals surface area (Å²) in [5.41, 5.74) is 1.87. The Balaban J connectivity index is 1.61. The molecule has 0 aliphatic carbocycles. The molecule has 2 aliphatic rings. The summed E-state index contributed by atoms with van der Waals surface area (Å²) in [5.74, 6) is 0.375. The van der Waals surface area contributed by atoms with Gasteiger partial charge < -0.3 is 14.2 Å². The molecule has 2 aromatic heterocycles. The van der Waals surface area contributed by atoms with E-state index in [0.717, 1.165) is 38.3 Å². The fraction of sp³-hybridized carbons (Fsp3) is 0.591. The van der Waals surface area contributed by atoms with Crippen LogP contribution < -0.4 is 0 Å². The van der Waals surface area contributed by atoms with Crippen LogP contribution in [0.2, 0.25) is 0 Å². The van der Waals surface area contributed by atoms with Crippen molar-refractivity contribution in [3.05, 3.63) is 48.3 Å². The molecule has 2 saturated heterocycles. The maximum Gasteiger partial charge on any atom is 0.230 e. The highest BCUT2D eigenvalue weighted by molar-refractivity contribution is 5.86. The molecule has 4 rings (SSSR count). The van der Waals surface area contributed by atoms with E-state index in [0.29, 0.717) is 19.2 Å². The number of pyridine rings is 1. The van der Waals surface area contributed by atoms with Crippen molar-refractivity contribution in [3.8, 4) is 0 Å². The number of hydrogen-bond donors (Lipinski definition) is 0. The molecule has 1 spiro atoms. The van der Waals surface area contributed by atoms with Gasteiger partial charge in [-0.2, -0.15) is 0 Å². The van der Waals surface area contributed by atoms with E-state index in [1.165, 1.54) is 5.56 Å². The molecule has 2 aliphatic heterocycles. The first-order valence-corrected chi connectivity index (χ1v) is 10.5. The fourth-order valence-corrected chi connectivity index (χ4v) is 4.81. The van der Waals surface area contributed by atoms with E-state index in [1.54, 1.807) is 7.11 Å². The lowest BCUT2D eigenvalue weighted by molar-refractivity contribution is -0.136. The van der Waals surface area contributed by atoms with Crippen LogP contribution in [0.1, 0.15) is 43.5 Å². The normalized spacial score (nSPS) is 25.0. The lowest BCUT2D eigenvalue weighted by Crippen LogP contribution is -2.40. The molecule has 0 N–H and O–H groups in total. The van der Waals surface area contributed by atoms with E-state index in [-0.39, 0.29) is 11.8 Å². The van der Waals surface area contributed by atoms with Gasteiger partial charge in [0.25, 0.3) is 0 Å². The third-order valence-electron chi connectivity index (χ3n) is 6.45. The summed E-state index contributed by atoms with van der Waals surface area (Å²) in [4.78, 5) is 26.8. The monoisotopic (exact) mass is 397 g/mol. The molecule has 4 heterocycles. The van der Waals surface area contributed by atoms with Gasteiger partial charge in [-0.25, -0.2) is 4.98 Å². The molecule has 7 nitrogen and oxygen atoms in total. The van der Waals surface area contributed by atoms with E-state index >= 15 is 0 Å². The summed E-state index contributed by atoms with van der Waals surface area (Å²) in [5, 5.41) is 0. The molecule has 7 heteroatoms. The van der Waals surface area contributed by atoms with Crippen molar-refractivity contribution < 1.29 is 9.53 Å². The summed E-state index contributed by atoms with van der Waals surface area (Å²) >= 11 is 0. The van der Waals surface area contributed by atoms with Crippen molar-refractivity contribution in [2.24, 2.45) is 5.41 Å². The molecule has 0 saturated carbocycles. The zero-order valence-corrected chi connectivity index (χ0v) is 17.6. The number of rotatable bonds is 7. The summed E-state index contributed by atoms with van der Waals surface area (Å²) in [6.45, 7) is 8.79. The minimum atomic E-state index is -0.392. The van der Waals surface area contributed by atoms with Crippen LogP contribution in [0.25, 0.3) is 0 Å². The number of amides is 1. The van der Waals surface area contributed by atoms with Crippen molar-refractivity contribution in [1.29, 1.82) is 0 Å². The standard InChI is InChI=1S/C22H31N5O2/c1-17(2)27-14-20(24-16-27)19-13-25(12-18-4-7-23-8-5-18)15-22(19)6-9-26(21(22)28)10-11-29-3/h4-5,7-8,14,16-17,19H,6,9-13,15H2,1-3H3/t19-,22-/m1/s1. The Bertz CT molecular complexity index is 837. The summed E-state index contributed by atoms with van der Waals surface area (Å²) in [7, 11) is 1.68. The first-order valence-electron chi connectivity index (χ1n) is 10.5. The number of likely N-dealkylation sites (tertiary alicyclic amines) is 2. The number of carbonyl (C=O) groups excluding carboxylic acids is 1. The van der Waals surface area contributed by atoms with E-state index < -0.39 is 5.41 Å². The Kier molecular flexibility index (Phi) is 5.69. The van der Waals surface area contributed by atoms with Crippen LogP contribution in [-0.2, 0) is 16.1 Å². The highest BCUT2D eigenvalue weighted by Crippen LogP contribution is 2.49. The molecule has 1 amide bonds. The fourth-order valence-electron chi connectivity index (χ4n) is 4.81. The number of imidazole rings is 1. The van der Waals surface area contributed by atoms with Gasteiger partial charge in [0.2, 0.25) is 5.91 Å². The van der Waals surface area contributed by atoms with E-state index in [4.69, 9.17) is 9.72 Å². The summed E-state index contributed by atoms with van der Waals surface area (Å²) in [6.07, 6.45) is 8.58. The number of methoxy groups -OCH3 is 1. The Morgan fingerprint density at radius 3 is 2.79 bits per heavy atom. The molecule has 0 radical (unpaired) electrons. The maximum atomic E-state index is 13.6. The smallest absolute Gasteiger partial charge is 0.230 e. The van der Waals surface area contributed by atoms with Gasteiger partial charge in [0.1, 0.15) is 0 Å². The Morgan fingerprint density at radius 1 is 1.31 bits per heavy atom. The van der Waals surface area contributed by atoms with Gasteiger partial charge in [-0.3, -0.25) is 14.7 Å². The number of nitrogens with zero attached hydrogens (tertiary/aromatic N) is 5. The van der Waals surface area contributed by atoms with Gasteiger partial charge in [0, 0.05) is 70.4 Å². The zero-order chi connectivity index (χ0) is 20.4. The number of aromatic nitrogens is 3. The van der Waals surface area contributed by atoms with Crippen LogP contribution in [-0.4, -0.2) is 70.1 Å². The maximum absolute atomic E-state index is 13.6. The molecular formula is C22H31N5O2. The Hall–Kier alpha value is -2.25. The minimum Gasteiger partial charge on any atom is -0.383 e. The van der Waals surface area contributed by atoms with Gasteiger partial charge in [-0.15, -0.1) is 0 Å². The topological polar surface area (TPSA) is 63.5 Å². The summed E-state index contributed by atoms with van der Waals surface area (Å²) < 4.78 is 7.35. The SMILES string of the molecule is COCCN1CC[C@]2(CN(Cc3ccncc3)C[C@@H]2c2cn(C(C)C)cn2)C1=O. The first kappa shape index (κ1) is 20.0. The molecule has 2 atom stereocenters. The molecular weight excluding hydrogens is 366 g/mol. The quantitative estimate of drug-likeness (QED) is 0.718. The van der Waals surface area contributed by atoms with Crippen LogP contribution >= 0.6 is 0 Å². The second-order valence-corrected chi connectivity index (χ2v) is 8.61. The molecule has 2 fully saturated rings. The van der Waals surface area contributed by atoms with Gasteiger partial charge in [-0.05, 0) is 38.0 Å². The van der Waals surface area contributed by atoms with Crippen molar-refractivity contribution in [2.45, 2.75) is 38.8 Å². The predicted octanol–water partition coefficient (Wildman–Crippen LogP) is 2.32. The first-order chi connectivity index (χ1) is 14.0. The van der Waals surface area contributed by atoms with Crippen molar-refractivity contribution in [3.63, 3.8) is 0 Å². The lowest BCUT2D eigenvalue weighted by Gasteiger charge is -2.28. The van der Waals surface area contributed by atoms with Crippen LogP contribution in [0, 0.1) is 5.41 Å². The van der Waals surface area contributed by atoms with Crippen LogP contribution in [0.3, 0.4) is 0 Å². The zero-order valence-electron chi connectivity index (χ0n) is 17.6. The molecule has 29 heavy (non-hydrogen) atoms. The Morgan fingerprint density at radius 2 is 2.10 bits per heavy atom. The largest absolute Gasteiger partial charge is 0.383 e. The number of hydrogen-bond acceptors (Lipinski definition) is 5. The summed E-state index contributed by atoms with van der Waals surface area (Å²) in [6, 6.07) is 4.46. The number of carbonyl (C=O) groups is 1. The van der Waals surface area contributed by atoms with E-state index in [9.17, 15) is 4.79 Å². The molecule has 0 bridgehead atoms. The average molecular weight is 398 g/mol. The van der Waals surface area contributed by atoms with E-state index in [2.05, 4.69) is 46.6 Å². The van der Waals surface area contributed by atoms with Gasteiger partial charge >= 0.3 is 0 Å². The lowest BCUT2D eigenvalue weighted by atomic mass is 9.75. The van der Waals surface area contributed by atoms with Crippen molar-refractivity contribution in [1.82, 2.24) is 24.3 Å². The van der Waals surface area contributed by atoms with E-state index in [1.807, 2.05) is 23.6 Å². The van der Waals surface area contributed by atoms with Gasteiger partial charge in [0.05, 0.1) is 24.0 Å².